The topological polar surface area (TPSA) is 53.5 Å². The minimum atomic E-state index is -0.695. The number of rotatable bonds is 4. The van der Waals surface area contributed by atoms with Crippen LogP contribution < -0.4 is 4.90 Å². The summed E-state index contributed by atoms with van der Waals surface area (Å²) in [7, 11) is 1.69. The van der Waals surface area contributed by atoms with Crippen molar-refractivity contribution in [3.05, 3.63) is 44.3 Å². The van der Waals surface area contributed by atoms with Gasteiger partial charge >= 0.3 is 0 Å². The van der Waals surface area contributed by atoms with Crippen molar-refractivity contribution in [1.29, 1.82) is 0 Å². The molecule has 132 valence electrons. The van der Waals surface area contributed by atoms with E-state index in [-0.39, 0.29) is 11.8 Å². The molecular formula is C17H17Cl2N3O2S. The summed E-state index contributed by atoms with van der Waals surface area (Å²) in [5.41, 5.74) is 1.38. The van der Waals surface area contributed by atoms with Gasteiger partial charge in [-0.25, -0.2) is 4.98 Å². The van der Waals surface area contributed by atoms with Crippen molar-refractivity contribution in [2.45, 2.75) is 19.9 Å². The largest absolute Gasteiger partial charge is 0.339 e. The van der Waals surface area contributed by atoms with Crippen molar-refractivity contribution < 1.29 is 9.59 Å². The summed E-state index contributed by atoms with van der Waals surface area (Å²) >= 11 is 13.7. The molecule has 0 aliphatic carbocycles. The monoisotopic (exact) mass is 397 g/mol. The quantitative estimate of drug-likeness (QED) is 0.737. The molecule has 2 amide bonds. The first kappa shape index (κ1) is 18.2. The second kappa shape index (κ2) is 7.32. The van der Waals surface area contributed by atoms with Crippen LogP contribution in [0, 0.1) is 12.8 Å². The molecule has 2 heterocycles. The second-order valence-electron chi connectivity index (χ2n) is 5.98. The molecule has 0 bridgehead atoms. The number of anilines is 1. The number of halogens is 2. The maximum absolute atomic E-state index is 12.7. The van der Waals surface area contributed by atoms with E-state index in [0.717, 1.165) is 10.7 Å². The van der Waals surface area contributed by atoms with E-state index >= 15 is 0 Å². The van der Waals surface area contributed by atoms with Crippen LogP contribution in [-0.2, 0) is 16.1 Å². The van der Waals surface area contributed by atoms with Crippen molar-refractivity contribution in [1.82, 2.24) is 9.88 Å². The van der Waals surface area contributed by atoms with Crippen molar-refractivity contribution in [2.24, 2.45) is 5.92 Å². The van der Waals surface area contributed by atoms with Gasteiger partial charge in [-0.1, -0.05) is 23.2 Å². The minimum Gasteiger partial charge on any atom is -0.339 e. The highest BCUT2D eigenvalue weighted by molar-refractivity contribution is 7.09. The van der Waals surface area contributed by atoms with Gasteiger partial charge in [0.25, 0.3) is 0 Å². The molecule has 1 aromatic carbocycles. The predicted molar refractivity (Wildman–Crippen MR) is 100 cm³/mol. The smallest absolute Gasteiger partial charge is 0.239 e. The van der Waals surface area contributed by atoms with Gasteiger partial charge in [0.15, 0.2) is 0 Å². The van der Waals surface area contributed by atoms with Crippen LogP contribution in [0.15, 0.2) is 23.6 Å². The molecule has 2 aromatic rings. The van der Waals surface area contributed by atoms with Crippen LogP contribution in [0.3, 0.4) is 0 Å². The standard InChI is InChI=1S/C17H17Cl2N3O2S/c1-10-20-12(9-25-10)8-21(2)16(23)13-5-6-22(17(13)24)15-7-11(18)3-4-14(15)19/h3-4,7,9,13H,5-6,8H2,1-2H3. The molecule has 5 nitrogen and oxygen atoms in total. The van der Waals surface area contributed by atoms with Crippen LogP contribution in [0.2, 0.25) is 10.0 Å². The van der Waals surface area contributed by atoms with E-state index in [1.54, 1.807) is 41.5 Å². The maximum Gasteiger partial charge on any atom is 0.239 e. The van der Waals surface area contributed by atoms with Crippen molar-refractivity contribution in [3.8, 4) is 0 Å². The lowest BCUT2D eigenvalue weighted by Crippen LogP contribution is -2.37. The second-order valence-corrected chi connectivity index (χ2v) is 7.88. The molecule has 8 heteroatoms. The Kier molecular flexibility index (Phi) is 5.32. The molecule has 3 rings (SSSR count). The number of aryl methyl sites for hydroxylation is 1. The van der Waals surface area contributed by atoms with Crippen molar-refractivity contribution >= 4 is 52.0 Å². The third kappa shape index (κ3) is 3.81. The van der Waals surface area contributed by atoms with E-state index in [0.29, 0.717) is 35.2 Å². The molecule has 25 heavy (non-hydrogen) atoms. The lowest BCUT2D eigenvalue weighted by molar-refractivity contribution is -0.139. The fourth-order valence-corrected chi connectivity index (χ4v) is 3.90. The minimum absolute atomic E-state index is 0.198. The Morgan fingerprint density at radius 1 is 1.44 bits per heavy atom. The fraction of sp³-hybridized carbons (Fsp3) is 0.353. The van der Waals surface area contributed by atoms with Crippen molar-refractivity contribution in [2.75, 3.05) is 18.5 Å². The maximum atomic E-state index is 12.7. The van der Waals surface area contributed by atoms with E-state index in [1.165, 1.54) is 4.90 Å². The zero-order chi connectivity index (χ0) is 18.1. The highest BCUT2D eigenvalue weighted by Gasteiger charge is 2.39. The third-order valence-electron chi connectivity index (χ3n) is 4.14. The molecule has 1 saturated heterocycles. The number of nitrogens with zero attached hydrogens (tertiary/aromatic N) is 3. The summed E-state index contributed by atoms with van der Waals surface area (Å²) in [6, 6.07) is 4.97. The number of carbonyl (C=O) groups is 2. The van der Waals surface area contributed by atoms with Crippen LogP contribution in [-0.4, -0.2) is 35.3 Å². The van der Waals surface area contributed by atoms with Gasteiger partial charge in [0.1, 0.15) is 5.92 Å². The third-order valence-corrected chi connectivity index (χ3v) is 5.52. The lowest BCUT2D eigenvalue weighted by Gasteiger charge is -2.21. The number of aromatic nitrogens is 1. The molecule has 1 atom stereocenters. The summed E-state index contributed by atoms with van der Waals surface area (Å²) < 4.78 is 0. The van der Waals surface area contributed by atoms with E-state index in [2.05, 4.69) is 4.98 Å². The van der Waals surface area contributed by atoms with Gasteiger partial charge in [-0.05, 0) is 31.5 Å². The molecule has 0 N–H and O–H groups in total. The first-order valence-electron chi connectivity index (χ1n) is 7.79. The number of hydrogen-bond donors (Lipinski definition) is 0. The summed E-state index contributed by atoms with van der Waals surface area (Å²) in [4.78, 5) is 32.9. The van der Waals surface area contributed by atoms with Gasteiger partial charge in [0.2, 0.25) is 11.8 Å². The van der Waals surface area contributed by atoms with Gasteiger partial charge < -0.3 is 9.80 Å². The van der Waals surface area contributed by atoms with Gasteiger partial charge in [-0.15, -0.1) is 11.3 Å². The lowest BCUT2D eigenvalue weighted by atomic mass is 10.1. The van der Waals surface area contributed by atoms with Gasteiger partial charge in [0, 0.05) is 24.0 Å². The average Bonchev–Trinajstić information content (AvgIpc) is 3.15. The Morgan fingerprint density at radius 2 is 2.20 bits per heavy atom. The number of amides is 2. The van der Waals surface area contributed by atoms with E-state index < -0.39 is 5.92 Å². The van der Waals surface area contributed by atoms with E-state index in [4.69, 9.17) is 23.2 Å². The number of carbonyl (C=O) groups excluding carboxylic acids is 2. The van der Waals surface area contributed by atoms with Crippen LogP contribution in [0.1, 0.15) is 17.1 Å². The van der Waals surface area contributed by atoms with Gasteiger partial charge in [0.05, 0.1) is 28.0 Å². The fourth-order valence-electron chi connectivity index (χ4n) is 2.91. The molecule has 1 unspecified atom stereocenters. The predicted octanol–water partition coefficient (Wildman–Crippen LogP) is 3.77. The molecule has 1 aliphatic heterocycles. The van der Waals surface area contributed by atoms with Crippen LogP contribution in [0.4, 0.5) is 5.69 Å². The van der Waals surface area contributed by atoms with Crippen LogP contribution in [0.5, 0.6) is 0 Å². The number of benzene rings is 1. The highest BCUT2D eigenvalue weighted by atomic mass is 35.5. The summed E-state index contributed by atoms with van der Waals surface area (Å²) in [6.07, 6.45) is 0.459. The van der Waals surface area contributed by atoms with Crippen LogP contribution >= 0.6 is 34.5 Å². The summed E-state index contributed by atoms with van der Waals surface area (Å²) in [5.74, 6) is -1.13. The molecule has 1 fully saturated rings. The Labute approximate surface area is 160 Å². The highest BCUT2D eigenvalue weighted by Crippen LogP contribution is 2.34. The molecule has 0 spiro atoms. The van der Waals surface area contributed by atoms with Crippen molar-refractivity contribution in [3.63, 3.8) is 0 Å². The molecule has 0 saturated carbocycles. The molecule has 0 radical (unpaired) electrons. The Morgan fingerprint density at radius 3 is 2.88 bits per heavy atom. The summed E-state index contributed by atoms with van der Waals surface area (Å²) in [6.45, 7) is 2.76. The van der Waals surface area contributed by atoms with Gasteiger partial charge in [-0.2, -0.15) is 0 Å². The molecular weight excluding hydrogens is 381 g/mol. The van der Waals surface area contributed by atoms with Crippen LogP contribution in [0.25, 0.3) is 0 Å². The van der Waals surface area contributed by atoms with E-state index in [9.17, 15) is 9.59 Å². The first-order chi connectivity index (χ1) is 11.9. The number of thiazole rings is 1. The normalized spacial score (nSPS) is 17.2. The molecule has 1 aliphatic rings. The number of hydrogen-bond acceptors (Lipinski definition) is 4. The zero-order valence-electron chi connectivity index (χ0n) is 13.8. The zero-order valence-corrected chi connectivity index (χ0v) is 16.2. The SMILES string of the molecule is Cc1nc(CN(C)C(=O)C2CCN(c3cc(Cl)ccc3Cl)C2=O)cs1. The molecule has 1 aromatic heterocycles. The average molecular weight is 398 g/mol. The summed E-state index contributed by atoms with van der Waals surface area (Å²) in [5, 5.41) is 3.82. The first-order valence-corrected chi connectivity index (χ1v) is 9.43. The van der Waals surface area contributed by atoms with E-state index in [1.807, 2.05) is 12.3 Å². The van der Waals surface area contributed by atoms with Gasteiger partial charge in [-0.3, -0.25) is 9.59 Å². The Balaban J connectivity index is 1.72. The Bertz CT molecular complexity index is 824. The Hall–Kier alpha value is -1.63.